The molecule has 2 aromatic heterocycles. The molecule has 0 spiro atoms. The van der Waals surface area contributed by atoms with Gasteiger partial charge in [0.15, 0.2) is 17.2 Å². The standard InChI is InChI=1S/C16H13FN2O2/c1-11(20)13-5-2-3-7-15(13)21-10-12-9-19-8-4-6-14(17)16(19)18-12/h2-9H,10H2,1H3. The van der Waals surface area contributed by atoms with Crippen LogP contribution < -0.4 is 4.74 Å². The lowest BCUT2D eigenvalue weighted by molar-refractivity contribution is 0.101. The largest absolute Gasteiger partial charge is 0.486 e. The zero-order chi connectivity index (χ0) is 14.8. The predicted octanol–water partition coefficient (Wildman–Crippen LogP) is 3.26. The maximum atomic E-state index is 13.6. The van der Waals surface area contributed by atoms with Crippen LogP contribution in [0.5, 0.6) is 5.75 Å². The topological polar surface area (TPSA) is 43.6 Å². The van der Waals surface area contributed by atoms with Crippen LogP contribution in [0, 0.1) is 5.82 Å². The number of para-hydroxylation sites is 1. The molecule has 5 heteroatoms. The van der Waals surface area contributed by atoms with Crippen LogP contribution in [0.1, 0.15) is 23.0 Å². The van der Waals surface area contributed by atoms with E-state index in [2.05, 4.69) is 4.98 Å². The van der Waals surface area contributed by atoms with E-state index in [4.69, 9.17) is 4.74 Å². The molecule has 0 aliphatic heterocycles. The van der Waals surface area contributed by atoms with Gasteiger partial charge in [0.1, 0.15) is 12.4 Å². The van der Waals surface area contributed by atoms with E-state index < -0.39 is 0 Å². The van der Waals surface area contributed by atoms with Crippen molar-refractivity contribution in [3.05, 3.63) is 65.9 Å². The van der Waals surface area contributed by atoms with Gasteiger partial charge in [0.05, 0.1) is 11.3 Å². The van der Waals surface area contributed by atoms with Crippen molar-refractivity contribution in [2.24, 2.45) is 0 Å². The Bertz CT molecular complexity index is 811. The molecule has 0 radical (unpaired) electrons. The van der Waals surface area contributed by atoms with Crippen LogP contribution in [-0.4, -0.2) is 15.2 Å². The van der Waals surface area contributed by atoms with Crippen LogP contribution in [0.25, 0.3) is 5.65 Å². The number of hydrogen-bond acceptors (Lipinski definition) is 3. The van der Waals surface area contributed by atoms with Crippen molar-refractivity contribution >= 4 is 11.4 Å². The second-order valence-corrected chi connectivity index (χ2v) is 4.66. The smallest absolute Gasteiger partial charge is 0.173 e. The zero-order valence-corrected chi connectivity index (χ0v) is 11.4. The first-order chi connectivity index (χ1) is 10.1. The van der Waals surface area contributed by atoms with Gasteiger partial charge < -0.3 is 9.14 Å². The molecule has 4 nitrogen and oxygen atoms in total. The number of nitrogens with zero attached hydrogens (tertiary/aromatic N) is 2. The first-order valence-corrected chi connectivity index (χ1v) is 6.50. The van der Waals surface area contributed by atoms with Crippen LogP contribution >= 0.6 is 0 Å². The summed E-state index contributed by atoms with van der Waals surface area (Å²) in [7, 11) is 0. The third-order valence-corrected chi connectivity index (χ3v) is 3.13. The van der Waals surface area contributed by atoms with Gasteiger partial charge in [-0.3, -0.25) is 4.79 Å². The molecule has 0 aliphatic carbocycles. The summed E-state index contributed by atoms with van der Waals surface area (Å²) < 4.78 is 20.8. The SMILES string of the molecule is CC(=O)c1ccccc1OCc1cn2cccc(F)c2n1. The minimum Gasteiger partial charge on any atom is -0.486 e. The van der Waals surface area contributed by atoms with Crippen molar-refractivity contribution in [1.29, 1.82) is 0 Å². The number of halogens is 1. The molecule has 0 bridgehead atoms. The van der Waals surface area contributed by atoms with Crippen molar-refractivity contribution in [2.45, 2.75) is 13.5 Å². The van der Waals surface area contributed by atoms with Crippen molar-refractivity contribution in [2.75, 3.05) is 0 Å². The molecule has 2 heterocycles. The van der Waals surface area contributed by atoms with Crippen molar-refractivity contribution in [3.63, 3.8) is 0 Å². The number of carbonyl (C=O) groups is 1. The first kappa shape index (κ1) is 13.3. The van der Waals surface area contributed by atoms with Gasteiger partial charge in [-0.25, -0.2) is 9.37 Å². The fourth-order valence-electron chi connectivity index (χ4n) is 2.13. The summed E-state index contributed by atoms with van der Waals surface area (Å²) in [4.78, 5) is 15.7. The third-order valence-electron chi connectivity index (χ3n) is 3.13. The van der Waals surface area contributed by atoms with Gasteiger partial charge in [0.25, 0.3) is 0 Å². The molecular formula is C16H13FN2O2. The highest BCUT2D eigenvalue weighted by Crippen LogP contribution is 2.20. The molecule has 0 atom stereocenters. The Balaban J connectivity index is 1.84. The van der Waals surface area contributed by atoms with E-state index in [0.29, 0.717) is 17.0 Å². The van der Waals surface area contributed by atoms with Gasteiger partial charge >= 0.3 is 0 Å². The number of imidazole rings is 1. The van der Waals surface area contributed by atoms with Crippen molar-refractivity contribution in [3.8, 4) is 5.75 Å². The summed E-state index contributed by atoms with van der Waals surface area (Å²) >= 11 is 0. The molecule has 3 aromatic rings. The second-order valence-electron chi connectivity index (χ2n) is 4.66. The maximum Gasteiger partial charge on any atom is 0.173 e. The molecule has 0 unspecified atom stereocenters. The van der Waals surface area contributed by atoms with E-state index in [9.17, 15) is 9.18 Å². The fraction of sp³-hybridized carbons (Fsp3) is 0.125. The number of aromatic nitrogens is 2. The van der Waals surface area contributed by atoms with Gasteiger partial charge in [-0.1, -0.05) is 12.1 Å². The fourth-order valence-corrected chi connectivity index (χ4v) is 2.13. The number of carbonyl (C=O) groups excluding carboxylic acids is 1. The molecular weight excluding hydrogens is 271 g/mol. The minimum atomic E-state index is -0.382. The van der Waals surface area contributed by atoms with Crippen molar-refractivity contribution < 1.29 is 13.9 Å². The van der Waals surface area contributed by atoms with Crippen molar-refractivity contribution in [1.82, 2.24) is 9.38 Å². The van der Waals surface area contributed by atoms with Gasteiger partial charge in [-0.05, 0) is 31.2 Å². The lowest BCUT2D eigenvalue weighted by Gasteiger charge is -2.07. The van der Waals surface area contributed by atoms with E-state index >= 15 is 0 Å². The number of ketones is 1. The van der Waals surface area contributed by atoms with Crippen LogP contribution in [-0.2, 0) is 6.61 Å². The minimum absolute atomic E-state index is 0.0633. The quantitative estimate of drug-likeness (QED) is 0.691. The molecule has 3 rings (SSSR count). The number of fused-ring (bicyclic) bond motifs is 1. The summed E-state index contributed by atoms with van der Waals surface area (Å²) in [5.41, 5.74) is 1.38. The summed E-state index contributed by atoms with van der Waals surface area (Å²) in [6.07, 6.45) is 3.42. The highest BCUT2D eigenvalue weighted by atomic mass is 19.1. The molecule has 0 fully saturated rings. The number of rotatable bonds is 4. The van der Waals surface area contributed by atoms with E-state index in [0.717, 1.165) is 0 Å². The monoisotopic (exact) mass is 284 g/mol. The summed E-state index contributed by atoms with van der Waals surface area (Å²) in [6, 6.07) is 9.99. The molecule has 0 aliphatic rings. The average Bonchev–Trinajstić information content (AvgIpc) is 2.90. The highest BCUT2D eigenvalue weighted by Gasteiger charge is 2.10. The van der Waals surface area contributed by atoms with Crippen LogP contribution in [0.4, 0.5) is 4.39 Å². The van der Waals surface area contributed by atoms with Gasteiger partial charge in [0, 0.05) is 12.4 Å². The first-order valence-electron chi connectivity index (χ1n) is 6.50. The Morgan fingerprint density at radius 3 is 2.86 bits per heavy atom. The van der Waals surface area contributed by atoms with E-state index in [1.807, 2.05) is 0 Å². The molecule has 1 aromatic carbocycles. The summed E-state index contributed by atoms with van der Waals surface area (Å²) in [5.74, 6) is 0.0575. The Labute approximate surface area is 120 Å². The maximum absolute atomic E-state index is 13.6. The molecule has 0 amide bonds. The molecule has 0 N–H and O–H groups in total. The number of Topliss-reactive ketones (excluding diaryl/α,β-unsaturated/α-hetero) is 1. The number of pyridine rings is 1. The van der Waals surface area contributed by atoms with E-state index in [1.165, 1.54) is 13.0 Å². The van der Waals surface area contributed by atoms with Crippen LogP contribution in [0.3, 0.4) is 0 Å². The second kappa shape index (κ2) is 5.36. The number of ether oxygens (including phenoxy) is 1. The normalized spacial score (nSPS) is 10.8. The van der Waals surface area contributed by atoms with E-state index in [1.54, 1.807) is 47.1 Å². The lowest BCUT2D eigenvalue weighted by Crippen LogP contribution is -2.01. The van der Waals surface area contributed by atoms with Crippen LogP contribution in [0.2, 0.25) is 0 Å². The lowest BCUT2D eigenvalue weighted by atomic mass is 10.1. The number of hydrogen-bond donors (Lipinski definition) is 0. The van der Waals surface area contributed by atoms with Gasteiger partial charge in [0.2, 0.25) is 0 Å². The summed E-state index contributed by atoms with van der Waals surface area (Å²) in [6.45, 7) is 1.66. The molecule has 0 saturated carbocycles. The third kappa shape index (κ3) is 2.63. The zero-order valence-electron chi connectivity index (χ0n) is 11.4. The van der Waals surface area contributed by atoms with Gasteiger partial charge in [-0.2, -0.15) is 0 Å². The predicted molar refractivity (Wildman–Crippen MR) is 75.9 cm³/mol. The molecule has 21 heavy (non-hydrogen) atoms. The molecule has 106 valence electrons. The van der Waals surface area contributed by atoms with Gasteiger partial charge in [-0.15, -0.1) is 0 Å². The van der Waals surface area contributed by atoms with E-state index in [-0.39, 0.29) is 23.9 Å². The summed E-state index contributed by atoms with van der Waals surface area (Å²) in [5, 5.41) is 0. The van der Waals surface area contributed by atoms with Crippen LogP contribution in [0.15, 0.2) is 48.8 Å². The number of benzene rings is 1. The Kier molecular flexibility index (Phi) is 3.39. The highest BCUT2D eigenvalue weighted by molar-refractivity contribution is 5.96. The Hall–Kier alpha value is -2.69. The molecule has 0 saturated heterocycles. The Morgan fingerprint density at radius 2 is 2.10 bits per heavy atom. The Morgan fingerprint density at radius 1 is 1.29 bits per heavy atom. The average molecular weight is 284 g/mol.